The lowest BCUT2D eigenvalue weighted by molar-refractivity contribution is 0.0697. The van der Waals surface area contributed by atoms with E-state index in [4.69, 9.17) is 9.84 Å². The Hall–Kier alpha value is -1.55. The first-order valence-corrected chi connectivity index (χ1v) is 6.41. The molecule has 1 aromatic rings. The molecule has 0 aliphatic carbocycles. The lowest BCUT2D eigenvalue weighted by atomic mass is 10.1. The highest BCUT2D eigenvalue weighted by Crippen LogP contribution is 2.28. The van der Waals surface area contributed by atoms with E-state index in [9.17, 15) is 4.79 Å². The summed E-state index contributed by atoms with van der Waals surface area (Å²) >= 11 is 0. The smallest absolute Gasteiger partial charge is 0.335 e. The molecule has 0 fully saturated rings. The molecular formula is C14H19NO3. The highest BCUT2D eigenvalue weighted by atomic mass is 16.5. The fourth-order valence-electron chi connectivity index (χ4n) is 2.26. The molecule has 1 N–H and O–H groups in total. The maximum atomic E-state index is 10.9. The number of benzene rings is 1. The molecule has 1 heterocycles. The minimum absolute atomic E-state index is 0.373. The van der Waals surface area contributed by atoms with E-state index in [0.29, 0.717) is 5.56 Å². The Morgan fingerprint density at radius 2 is 2.28 bits per heavy atom. The van der Waals surface area contributed by atoms with Crippen LogP contribution in [0.4, 0.5) is 5.69 Å². The zero-order chi connectivity index (χ0) is 13.0. The van der Waals surface area contributed by atoms with Crippen molar-refractivity contribution in [3.05, 3.63) is 29.3 Å². The Morgan fingerprint density at radius 1 is 1.44 bits per heavy atom. The minimum atomic E-state index is -0.859. The molecule has 0 amide bonds. The van der Waals surface area contributed by atoms with Crippen LogP contribution in [0, 0.1) is 0 Å². The molecular weight excluding hydrogens is 230 g/mol. The van der Waals surface area contributed by atoms with Gasteiger partial charge in [0.1, 0.15) is 0 Å². The highest BCUT2D eigenvalue weighted by molar-refractivity contribution is 5.88. The molecule has 0 saturated heterocycles. The average molecular weight is 249 g/mol. The predicted molar refractivity (Wildman–Crippen MR) is 70.4 cm³/mol. The van der Waals surface area contributed by atoms with E-state index >= 15 is 0 Å². The second kappa shape index (κ2) is 5.87. The number of aromatic carboxylic acids is 1. The third-order valence-corrected chi connectivity index (χ3v) is 3.17. The summed E-state index contributed by atoms with van der Waals surface area (Å²) in [6, 6.07) is 5.36. The summed E-state index contributed by atoms with van der Waals surface area (Å²) < 4.78 is 5.49. The zero-order valence-corrected chi connectivity index (χ0v) is 10.7. The van der Waals surface area contributed by atoms with Crippen molar-refractivity contribution in [2.45, 2.75) is 19.8 Å². The van der Waals surface area contributed by atoms with Gasteiger partial charge in [-0.25, -0.2) is 4.79 Å². The van der Waals surface area contributed by atoms with Crippen LogP contribution in [0.15, 0.2) is 18.2 Å². The standard InChI is InChI=1S/C14H19NO3/c1-2-8-18-9-7-15-6-5-11-10-12(14(16)17)3-4-13(11)15/h3-4,10H,2,5-9H2,1H3,(H,16,17). The van der Waals surface area contributed by atoms with E-state index in [2.05, 4.69) is 11.8 Å². The van der Waals surface area contributed by atoms with Crippen LogP contribution in [0.3, 0.4) is 0 Å². The van der Waals surface area contributed by atoms with Crippen molar-refractivity contribution in [1.82, 2.24) is 0 Å². The molecule has 0 unspecified atom stereocenters. The fraction of sp³-hybridized carbons (Fsp3) is 0.500. The van der Waals surface area contributed by atoms with Gasteiger partial charge in [-0.05, 0) is 36.6 Å². The van der Waals surface area contributed by atoms with E-state index in [1.807, 2.05) is 6.07 Å². The molecule has 18 heavy (non-hydrogen) atoms. The number of hydrogen-bond acceptors (Lipinski definition) is 3. The van der Waals surface area contributed by atoms with Crippen molar-refractivity contribution in [1.29, 1.82) is 0 Å². The number of carboxylic acids is 1. The van der Waals surface area contributed by atoms with Crippen LogP contribution in [0.25, 0.3) is 0 Å². The fourth-order valence-corrected chi connectivity index (χ4v) is 2.26. The SMILES string of the molecule is CCCOCCN1CCc2cc(C(=O)O)ccc21. The van der Waals surface area contributed by atoms with E-state index < -0.39 is 5.97 Å². The molecule has 0 atom stereocenters. The van der Waals surface area contributed by atoms with Gasteiger partial charge < -0.3 is 14.7 Å². The topological polar surface area (TPSA) is 49.8 Å². The highest BCUT2D eigenvalue weighted by Gasteiger charge is 2.19. The predicted octanol–water partition coefficient (Wildman–Crippen LogP) is 2.17. The summed E-state index contributed by atoms with van der Waals surface area (Å²) in [6.45, 7) is 5.46. The first-order chi connectivity index (χ1) is 8.72. The van der Waals surface area contributed by atoms with Gasteiger partial charge in [0, 0.05) is 25.4 Å². The lowest BCUT2D eigenvalue weighted by Gasteiger charge is -2.19. The Morgan fingerprint density at radius 3 is 3.00 bits per heavy atom. The molecule has 98 valence electrons. The van der Waals surface area contributed by atoms with E-state index in [0.717, 1.165) is 50.4 Å². The largest absolute Gasteiger partial charge is 0.478 e. The van der Waals surface area contributed by atoms with Crippen LogP contribution in [0.1, 0.15) is 29.3 Å². The molecule has 0 bridgehead atoms. The normalized spacial score (nSPS) is 13.7. The Bertz CT molecular complexity index is 431. The van der Waals surface area contributed by atoms with Crippen molar-refractivity contribution in [3.63, 3.8) is 0 Å². The molecule has 0 spiro atoms. The van der Waals surface area contributed by atoms with Crippen LogP contribution < -0.4 is 4.90 Å². The van der Waals surface area contributed by atoms with E-state index in [1.54, 1.807) is 12.1 Å². The molecule has 4 heteroatoms. The first-order valence-electron chi connectivity index (χ1n) is 6.41. The summed E-state index contributed by atoms with van der Waals surface area (Å²) in [4.78, 5) is 13.2. The van der Waals surface area contributed by atoms with E-state index in [-0.39, 0.29) is 0 Å². The summed E-state index contributed by atoms with van der Waals surface area (Å²) in [5.74, 6) is -0.859. The maximum Gasteiger partial charge on any atom is 0.335 e. The number of anilines is 1. The van der Waals surface area contributed by atoms with Gasteiger partial charge in [-0.3, -0.25) is 0 Å². The number of ether oxygens (including phenoxy) is 1. The summed E-state index contributed by atoms with van der Waals surface area (Å²) in [5, 5.41) is 8.95. The molecule has 1 aromatic carbocycles. The van der Waals surface area contributed by atoms with E-state index in [1.165, 1.54) is 0 Å². The number of fused-ring (bicyclic) bond motifs is 1. The second-order valence-corrected chi connectivity index (χ2v) is 4.50. The summed E-state index contributed by atoms with van der Waals surface area (Å²) in [6.07, 6.45) is 1.96. The molecule has 2 rings (SSSR count). The van der Waals surface area contributed by atoms with Gasteiger partial charge in [-0.2, -0.15) is 0 Å². The number of hydrogen-bond donors (Lipinski definition) is 1. The van der Waals surface area contributed by atoms with Crippen molar-refractivity contribution in [2.75, 3.05) is 31.2 Å². The van der Waals surface area contributed by atoms with Gasteiger partial charge in [0.15, 0.2) is 0 Å². The van der Waals surface area contributed by atoms with Gasteiger partial charge in [0.05, 0.1) is 12.2 Å². The number of carboxylic acid groups (broad SMARTS) is 1. The van der Waals surface area contributed by atoms with Crippen molar-refractivity contribution in [2.24, 2.45) is 0 Å². The quantitative estimate of drug-likeness (QED) is 0.785. The maximum absolute atomic E-state index is 10.9. The Labute approximate surface area is 107 Å². The lowest BCUT2D eigenvalue weighted by Crippen LogP contribution is -2.25. The van der Waals surface area contributed by atoms with Crippen LogP contribution in [-0.2, 0) is 11.2 Å². The van der Waals surface area contributed by atoms with Gasteiger partial charge >= 0.3 is 5.97 Å². The van der Waals surface area contributed by atoms with Gasteiger partial charge in [-0.15, -0.1) is 0 Å². The minimum Gasteiger partial charge on any atom is -0.478 e. The molecule has 0 aromatic heterocycles. The van der Waals surface area contributed by atoms with Crippen molar-refractivity contribution in [3.8, 4) is 0 Å². The van der Waals surface area contributed by atoms with Gasteiger partial charge in [0.2, 0.25) is 0 Å². The van der Waals surface area contributed by atoms with Crippen LogP contribution in [0.2, 0.25) is 0 Å². The average Bonchev–Trinajstić information content (AvgIpc) is 2.77. The van der Waals surface area contributed by atoms with Crippen LogP contribution >= 0.6 is 0 Å². The third-order valence-electron chi connectivity index (χ3n) is 3.17. The van der Waals surface area contributed by atoms with Gasteiger partial charge in [-0.1, -0.05) is 6.92 Å². The molecule has 0 radical (unpaired) electrons. The van der Waals surface area contributed by atoms with Crippen molar-refractivity contribution >= 4 is 11.7 Å². The first kappa shape index (κ1) is 12.9. The summed E-state index contributed by atoms with van der Waals surface area (Å²) in [5.41, 5.74) is 2.66. The Balaban J connectivity index is 1.98. The molecule has 0 saturated carbocycles. The van der Waals surface area contributed by atoms with Crippen molar-refractivity contribution < 1.29 is 14.6 Å². The second-order valence-electron chi connectivity index (χ2n) is 4.50. The molecule has 1 aliphatic rings. The number of carbonyl (C=O) groups is 1. The Kier molecular flexibility index (Phi) is 4.20. The monoisotopic (exact) mass is 249 g/mol. The zero-order valence-electron chi connectivity index (χ0n) is 10.7. The third kappa shape index (κ3) is 2.82. The van der Waals surface area contributed by atoms with Crippen LogP contribution in [-0.4, -0.2) is 37.4 Å². The molecule has 1 aliphatic heterocycles. The molecule has 4 nitrogen and oxygen atoms in total. The number of rotatable bonds is 6. The van der Waals surface area contributed by atoms with Crippen LogP contribution in [0.5, 0.6) is 0 Å². The van der Waals surface area contributed by atoms with Gasteiger partial charge in [0.25, 0.3) is 0 Å². The summed E-state index contributed by atoms with van der Waals surface area (Å²) in [7, 11) is 0. The number of nitrogens with zero attached hydrogens (tertiary/aromatic N) is 1.